The number of anilines is 1. The SMILES string of the molecule is CCn1ccc(C(=O)Nc2nc3ccc(S(N)(=O)=O)cc3s2)n1. The summed E-state index contributed by atoms with van der Waals surface area (Å²) < 4.78 is 25.0. The number of primary sulfonamides is 1. The van der Waals surface area contributed by atoms with Gasteiger partial charge in [0.2, 0.25) is 10.0 Å². The molecule has 0 aliphatic heterocycles. The fraction of sp³-hybridized carbons (Fsp3) is 0.154. The highest BCUT2D eigenvalue weighted by molar-refractivity contribution is 7.89. The van der Waals surface area contributed by atoms with Crippen molar-refractivity contribution < 1.29 is 13.2 Å². The van der Waals surface area contributed by atoms with Crippen molar-refractivity contribution in [2.75, 3.05) is 5.32 Å². The molecule has 0 saturated heterocycles. The van der Waals surface area contributed by atoms with Gasteiger partial charge in [-0.15, -0.1) is 0 Å². The maximum absolute atomic E-state index is 12.1. The second-order valence-corrected chi connectivity index (χ2v) is 7.30. The van der Waals surface area contributed by atoms with Crippen molar-refractivity contribution in [2.24, 2.45) is 5.14 Å². The van der Waals surface area contributed by atoms with Crippen LogP contribution in [0.5, 0.6) is 0 Å². The van der Waals surface area contributed by atoms with Gasteiger partial charge in [-0.25, -0.2) is 18.5 Å². The van der Waals surface area contributed by atoms with E-state index in [0.717, 1.165) is 0 Å². The number of amides is 1. The van der Waals surface area contributed by atoms with Crippen LogP contribution < -0.4 is 10.5 Å². The van der Waals surface area contributed by atoms with Crippen LogP contribution in [0.1, 0.15) is 17.4 Å². The molecule has 2 heterocycles. The molecule has 3 aromatic rings. The van der Waals surface area contributed by atoms with Gasteiger partial charge < -0.3 is 0 Å². The number of nitrogens with zero attached hydrogens (tertiary/aromatic N) is 3. The molecule has 1 aromatic carbocycles. The average Bonchev–Trinajstić information content (AvgIpc) is 3.11. The summed E-state index contributed by atoms with van der Waals surface area (Å²) in [5.41, 5.74) is 0.869. The quantitative estimate of drug-likeness (QED) is 0.736. The minimum absolute atomic E-state index is 0.00761. The third-order valence-electron chi connectivity index (χ3n) is 3.11. The van der Waals surface area contributed by atoms with Crippen LogP contribution in [0.4, 0.5) is 5.13 Å². The number of hydrogen-bond acceptors (Lipinski definition) is 6. The molecular weight excluding hydrogens is 338 g/mol. The molecule has 0 saturated carbocycles. The van der Waals surface area contributed by atoms with E-state index in [9.17, 15) is 13.2 Å². The fourth-order valence-corrected chi connectivity index (χ4v) is 3.47. The van der Waals surface area contributed by atoms with E-state index in [2.05, 4.69) is 15.4 Å². The number of thiazole rings is 1. The van der Waals surface area contributed by atoms with E-state index in [1.807, 2.05) is 6.92 Å². The van der Waals surface area contributed by atoms with Gasteiger partial charge >= 0.3 is 0 Å². The Morgan fingerprint density at radius 3 is 2.83 bits per heavy atom. The van der Waals surface area contributed by atoms with Gasteiger partial charge in [0, 0.05) is 12.7 Å². The van der Waals surface area contributed by atoms with Crippen LogP contribution in [0.3, 0.4) is 0 Å². The lowest BCUT2D eigenvalue weighted by Crippen LogP contribution is -2.13. The first-order valence-electron chi connectivity index (χ1n) is 6.65. The third-order valence-corrected chi connectivity index (χ3v) is 4.95. The summed E-state index contributed by atoms with van der Waals surface area (Å²) in [5.74, 6) is -0.372. The number of carbonyl (C=O) groups is 1. The van der Waals surface area contributed by atoms with E-state index >= 15 is 0 Å². The Morgan fingerprint density at radius 2 is 2.17 bits per heavy atom. The molecule has 0 radical (unpaired) electrons. The molecule has 2 aromatic heterocycles. The minimum atomic E-state index is -3.77. The molecule has 1 amide bonds. The summed E-state index contributed by atoms with van der Waals surface area (Å²) in [6.07, 6.45) is 1.71. The highest BCUT2D eigenvalue weighted by Gasteiger charge is 2.14. The summed E-state index contributed by atoms with van der Waals surface area (Å²) in [6.45, 7) is 2.59. The Balaban J connectivity index is 1.87. The van der Waals surface area contributed by atoms with Gasteiger partial charge in [-0.05, 0) is 31.2 Å². The maximum atomic E-state index is 12.1. The highest BCUT2D eigenvalue weighted by Crippen LogP contribution is 2.28. The van der Waals surface area contributed by atoms with Crippen LogP contribution >= 0.6 is 11.3 Å². The second-order valence-electron chi connectivity index (χ2n) is 4.70. The number of aryl methyl sites for hydroxylation is 1. The molecule has 0 unspecified atom stereocenters. The van der Waals surface area contributed by atoms with E-state index in [1.54, 1.807) is 23.0 Å². The number of benzene rings is 1. The number of rotatable bonds is 4. The van der Waals surface area contributed by atoms with Gasteiger partial charge in [0.15, 0.2) is 10.8 Å². The predicted octanol–water partition coefficient (Wildman–Crippen LogP) is 1.41. The molecule has 0 bridgehead atoms. The van der Waals surface area contributed by atoms with Crippen molar-refractivity contribution in [3.63, 3.8) is 0 Å². The third kappa shape index (κ3) is 3.23. The van der Waals surface area contributed by atoms with E-state index in [1.165, 1.54) is 23.5 Å². The first-order valence-corrected chi connectivity index (χ1v) is 9.01. The largest absolute Gasteiger partial charge is 0.296 e. The molecular formula is C13H13N5O3S2. The lowest BCUT2D eigenvalue weighted by atomic mass is 10.3. The normalized spacial score (nSPS) is 11.7. The van der Waals surface area contributed by atoms with Crippen LogP contribution in [-0.2, 0) is 16.6 Å². The number of nitrogens with one attached hydrogen (secondary N) is 1. The van der Waals surface area contributed by atoms with Gasteiger partial charge in [-0.2, -0.15) is 5.10 Å². The molecule has 120 valence electrons. The molecule has 10 heteroatoms. The molecule has 23 heavy (non-hydrogen) atoms. The highest BCUT2D eigenvalue weighted by atomic mass is 32.2. The number of sulfonamides is 1. The van der Waals surface area contributed by atoms with Gasteiger partial charge in [0.1, 0.15) is 0 Å². The number of aromatic nitrogens is 3. The molecule has 3 rings (SSSR count). The maximum Gasteiger partial charge on any atom is 0.277 e. The van der Waals surface area contributed by atoms with E-state index in [4.69, 9.17) is 5.14 Å². The van der Waals surface area contributed by atoms with Crippen molar-refractivity contribution in [1.29, 1.82) is 0 Å². The van der Waals surface area contributed by atoms with Crippen molar-refractivity contribution in [1.82, 2.24) is 14.8 Å². The zero-order valence-electron chi connectivity index (χ0n) is 12.1. The van der Waals surface area contributed by atoms with Crippen LogP contribution in [0.15, 0.2) is 35.4 Å². The number of carbonyl (C=O) groups excluding carboxylic acids is 1. The van der Waals surface area contributed by atoms with Crippen LogP contribution in [0.2, 0.25) is 0 Å². The Kier molecular flexibility index (Phi) is 3.88. The molecule has 3 N–H and O–H groups in total. The topological polar surface area (TPSA) is 120 Å². The van der Waals surface area contributed by atoms with E-state index in [-0.39, 0.29) is 16.5 Å². The monoisotopic (exact) mass is 351 g/mol. The average molecular weight is 351 g/mol. The first kappa shape index (κ1) is 15.6. The minimum Gasteiger partial charge on any atom is -0.296 e. The summed E-state index contributed by atoms with van der Waals surface area (Å²) in [7, 11) is -3.77. The summed E-state index contributed by atoms with van der Waals surface area (Å²) in [6, 6.07) is 5.98. The number of fused-ring (bicyclic) bond motifs is 1. The smallest absolute Gasteiger partial charge is 0.277 e. The number of hydrogen-bond donors (Lipinski definition) is 2. The zero-order chi connectivity index (χ0) is 16.6. The van der Waals surface area contributed by atoms with Crippen molar-refractivity contribution >= 4 is 42.6 Å². The Bertz CT molecular complexity index is 990. The van der Waals surface area contributed by atoms with Gasteiger partial charge in [0.25, 0.3) is 5.91 Å². The Hall–Kier alpha value is -2.30. The van der Waals surface area contributed by atoms with Crippen molar-refractivity contribution in [2.45, 2.75) is 18.4 Å². The van der Waals surface area contributed by atoms with Gasteiger partial charge in [0.05, 0.1) is 15.1 Å². The standard InChI is InChI=1S/C13H13N5O3S2/c1-2-18-6-5-10(17-18)12(19)16-13-15-9-4-3-8(23(14,20)21)7-11(9)22-13/h3-7H,2H2,1H3,(H2,14,20,21)(H,15,16,19). The fourth-order valence-electron chi connectivity index (χ4n) is 1.96. The molecule has 0 atom stereocenters. The molecule has 0 aliphatic carbocycles. The summed E-state index contributed by atoms with van der Waals surface area (Å²) >= 11 is 1.17. The first-order chi connectivity index (χ1) is 10.9. The van der Waals surface area contributed by atoms with Crippen LogP contribution in [-0.4, -0.2) is 29.1 Å². The van der Waals surface area contributed by atoms with Crippen LogP contribution in [0.25, 0.3) is 10.2 Å². The Labute approximate surface area is 136 Å². The van der Waals surface area contributed by atoms with Crippen LogP contribution in [0, 0.1) is 0 Å². The lowest BCUT2D eigenvalue weighted by Gasteiger charge is -1.97. The summed E-state index contributed by atoms with van der Waals surface area (Å²) in [5, 5.41) is 12.2. The van der Waals surface area contributed by atoms with E-state index < -0.39 is 10.0 Å². The van der Waals surface area contributed by atoms with E-state index in [0.29, 0.717) is 21.9 Å². The van der Waals surface area contributed by atoms with Crippen molar-refractivity contribution in [3.8, 4) is 0 Å². The Morgan fingerprint density at radius 1 is 1.39 bits per heavy atom. The summed E-state index contributed by atoms with van der Waals surface area (Å²) in [4.78, 5) is 16.4. The molecule has 0 spiro atoms. The lowest BCUT2D eigenvalue weighted by molar-refractivity contribution is 0.102. The predicted molar refractivity (Wildman–Crippen MR) is 86.8 cm³/mol. The van der Waals surface area contributed by atoms with Gasteiger partial charge in [-0.3, -0.25) is 14.8 Å². The zero-order valence-corrected chi connectivity index (χ0v) is 13.7. The molecule has 8 nitrogen and oxygen atoms in total. The van der Waals surface area contributed by atoms with Crippen molar-refractivity contribution in [3.05, 3.63) is 36.2 Å². The van der Waals surface area contributed by atoms with Gasteiger partial charge in [-0.1, -0.05) is 11.3 Å². The second kappa shape index (κ2) is 5.72. The molecule has 0 fully saturated rings. The number of nitrogens with two attached hydrogens (primary N) is 1. The molecule has 0 aliphatic rings.